The van der Waals surface area contributed by atoms with Crippen molar-refractivity contribution in [2.75, 3.05) is 0 Å². The number of benzene rings is 1. The minimum Gasteiger partial charge on any atom is -0.347 e. The molecule has 17 heavy (non-hydrogen) atoms. The van der Waals surface area contributed by atoms with Gasteiger partial charge in [-0.2, -0.15) is 0 Å². The van der Waals surface area contributed by atoms with E-state index in [2.05, 4.69) is 49.7 Å². The lowest BCUT2D eigenvalue weighted by Gasteiger charge is -2.26. The topological polar surface area (TPSA) is 4.93 Å². The summed E-state index contributed by atoms with van der Waals surface area (Å²) in [6.07, 6.45) is 3.88. The van der Waals surface area contributed by atoms with Crippen molar-refractivity contribution in [3.8, 4) is 0 Å². The Bertz CT molecular complexity index is 548. The number of hydrogen-bond donors (Lipinski definition) is 0. The molecule has 1 unspecified atom stereocenters. The Labute approximate surface area is 103 Å². The van der Waals surface area contributed by atoms with Gasteiger partial charge >= 0.3 is 0 Å². The molecular formula is C16H21N. The van der Waals surface area contributed by atoms with Gasteiger partial charge in [0.05, 0.1) is 0 Å². The van der Waals surface area contributed by atoms with Crippen LogP contribution in [0.15, 0.2) is 24.3 Å². The van der Waals surface area contributed by atoms with Crippen molar-refractivity contribution in [2.24, 2.45) is 18.9 Å². The fraction of sp³-hybridized carbons (Fsp3) is 0.500. The molecule has 1 nitrogen and oxygen atoms in total. The van der Waals surface area contributed by atoms with Gasteiger partial charge in [0.2, 0.25) is 0 Å². The average Bonchev–Trinajstić information content (AvgIpc) is 2.64. The van der Waals surface area contributed by atoms with E-state index in [1.165, 1.54) is 30.2 Å². The molecule has 1 aliphatic rings. The van der Waals surface area contributed by atoms with Crippen LogP contribution in [-0.4, -0.2) is 4.57 Å². The molecule has 0 saturated carbocycles. The highest BCUT2D eigenvalue weighted by molar-refractivity contribution is 5.85. The second kappa shape index (κ2) is 3.90. The summed E-state index contributed by atoms with van der Waals surface area (Å²) in [5.74, 6) is 1.68. The van der Waals surface area contributed by atoms with Crippen LogP contribution < -0.4 is 0 Å². The molecule has 1 heteroatoms. The predicted molar refractivity (Wildman–Crippen MR) is 73.3 cm³/mol. The Morgan fingerprint density at radius 3 is 2.76 bits per heavy atom. The van der Waals surface area contributed by atoms with Crippen molar-refractivity contribution in [3.63, 3.8) is 0 Å². The number of fused-ring (bicyclic) bond motifs is 3. The number of aromatic nitrogens is 1. The molecule has 1 aromatic carbocycles. The van der Waals surface area contributed by atoms with Gasteiger partial charge in [0.25, 0.3) is 0 Å². The third-order valence-electron chi connectivity index (χ3n) is 4.50. The molecule has 0 aliphatic heterocycles. The van der Waals surface area contributed by atoms with Gasteiger partial charge < -0.3 is 4.57 Å². The SMILES string of the molecule is CC(C)C1CCc2c(c3ccccc3n2C)C1. The standard InChI is InChI=1S/C16H21N/c1-11(2)12-8-9-16-14(10-12)13-6-4-5-7-15(13)17(16)3/h4-7,11-12H,8-10H2,1-3H3. The highest BCUT2D eigenvalue weighted by Gasteiger charge is 2.25. The molecule has 0 saturated heterocycles. The fourth-order valence-electron chi connectivity index (χ4n) is 3.33. The molecule has 0 amide bonds. The second-order valence-electron chi connectivity index (χ2n) is 5.75. The first-order valence-electron chi connectivity index (χ1n) is 6.73. The van der Waals surface area contributed by atoms with Crippen LogP contribution >= 0.6 is 0 Å². The van der Waals surface area contributed by atoms with Gasteiger partial charge in [0.1, 0.15) is 0 Å². The first-order valence-corrected chi connectivity index (χ1v) is 6.73. The molecule has 0 bridgehead atoms. The van der Waals surface area contributed by atoms with Crippen LogP contribution in [0.5, 0.6) is 0 Å². The van der Waals surface area contributed by atoms with E-state index in [9.17, 15) is 0 Å². The number of aryl methyl sites for hydroxylation is 1. The van der Waals surface area contributed by atoms with Crippen molar-refractivity contribution in [1.29, 1.82) is 0 Å². The summed E-state index contributed by atoms with van der Waals surface area (Å²) < 4.78 is 2.40. The van der Waals surface area contributed by atoms with E-state index in [4.69, 9.17) is 0 Å². The van der Waals surface area contributed by atoms with E-state index >= 15 is 0 Å². The van der Waals surface area contributed by atoms with Gasteiger partial charge in [0.15, 0.2) is 0 Å². The number of nitrogens with zero attached hydrogens (tertiary/aromatic N) is 1. The monoisotopic (exact) mass is 227 g/mol. The van der Waals surface area contributed by atoms with Crippen molar-refractivity contribution in [1.82, 2.24) is 4.57 Å². The van der Waals surface area contributed by atoms with Gasteiger partial charge in [-0.1, -0.05) is 32.0 Å². The van der Waals surface area contributed by atoms with E-state index in [0.717, 1.165) is 11.8 Å². The van der Waals surface area contributed by atoms with Gasteiger partial charge in [-0.15, -0.1) is 0 Å². The van der Waals surface area contributed by atoms with E-state index in [1.807, 2.05) is 0 Å². The zero-order chi connectivity index (χ0) is 12.0. The Balaban J connectivity index is 2.15. The molecule has 1 atom stereocenters. The summed E-state index contributed by atoms with van der Waals surface area (Å²) in [7, 11) is 2.22. The van der Waals surface area contributed by atoms with Gasteiger partial charge in [-0.05, 0) is 42.7 Å². The van der Waals surface area contributed by atoms with E-state index in [1.54, 1.807) is 11.3 Å². The zero-order valence-corrected chi connectivity index (χ0v) is 11.0. The Kier molecular flexibility index (Phi) is 2.50. The van der Waals surface area contributed by atoms with Crippen molar-refractivity contribution >= 4 is 10.9 Å². The highest BCUT2D eigenvalue weighted by Crippen LogP contribution is 2.36. The summed E-state index contributed by atoms with van der Waals surface area (Å²) in [6, 6.07) is 8.85. The third-order valence-corrected chi connectivity index (χ3v) is 4.50. The third kappa shape index (κ3) is 1.60. The predicted octanol–water partition coefficient (Wildman–Crippen LogP) is 3.94. The minimum atomic E-state index is 0.808. The molecule has 1 heterocycles. The van der Waals surface area contributed by atoms with Crippen LogP contribution in [0.2, 0.25) is 0 Å². The number of rotatable bonds is 1. The van der Waals surface area contributed by atoms with Crippen LogP contribution in [0.25, 0.3) is 10.9 Å². The molecule has 0 radical (unpaired) electrons. The summed E-state index contributed by atoms with van der Waals surface area (Å²) in [5, 5.41) is 1.48. The Morgan fingerprint density at radius 1 is 1.24 bits per heavy atom. The first kappa shape index (κ1) is 10.9. The van der Waals surface area contributed by atoms with Crippen LogP contribution in [0.4, 0.5) is 0 Å². The molecule has 1 aliphatic carbocycles. The van der Waals surface area contributed by atoms with E-state index in [0.29, 0.717) is 0 Å². The van der Waals surface area contributed by atoms with Gasteiger partial charge in [0, 0.05) is 23.6 Å². The van der Waals surface area contributed by atoms with Crippen LogP contribution in [0.3, 0.4) is 0 Å². The largest absolute Gasteiger partial charge is 0.347 e. The van der Waals surface area contributed by atoms with E-state index < -0.39 is 0 Å². The molecule has 90 valence electrons. The molecule has 1 aromatic heterocycles. The van der Waals surface area contributed by atoms with Crippen LogP contribution in [-0.2, 0) is 19.9 Å². The van der Waals surface area contributed by atoms with Gasteiger partial charge in [-0.3, -0.25) is 0 Å². The average molecular weight is 227 g/mol. The molecule has 0 N–H and O–H groups in total. The Hall–Kier alpha value is -1.24. The lowest BCUT2D eigenvalue weighted by Crippen LogP contribution is -2.19. The summed E-state index contributed by atoms with van der Waals surface area (Å²) >= 11 is 0. The van der Waals surface area contributed by atoms with E-state index in [-0.39, 0.29) is 0 Å². The van der Waals surface area contributed by atoms with Gasteiger partial charge in [-0.25, -0.2) is 0 Å². The molecule has 0 spiro atoms. The van der Waals surface area contributed by atoms with Crippen molar-refractivity contribution in [2.45, 2.75) is 33.1 Å². The molecule has 3 rings (SSSR count). The molecule has 2 aromatic rings. The van der Waals surface area contributed by atoms with Crippen molar-refractivity contribution < 1.29 is 0 Å². The molecular weight excluding hydrogens is 206 g/mol. The van der Waals surface area contributed by atoms with Crippen LogP contribution in [0, 0.1) is 11.8 Å². The molecule has 0 fully saturated rings. The maximum absolute atomic E-state index is 2.40. The number of hydrogen-bond acceptors (Lipinski definition) is 0. The lowest BCUT2D eigenvalue weighted by molar-refractivity contribution is 0.340. The fourth-order valence-corrected chi connectivity index (χ4v) is 3.33. The zero-order valence-electron chi connectivity index (χ0n) is 11.0. The number of para-hydroxylation sites is 1. The first-order chi connectivity index (χ1) is 8.18. The maximum Gasteiger partial charge on any atom is 0.0482 e. The lowest BCUT2D eigenvalue weighted by atomic mass is 9.80. The smallest absolute Gasteiger partial charge is 0.0482 e. The second-order valence-corrected chi connectivity index (χ2v) is 5.75. The Morgan fingerprint density at radius 2 is 2.00 bits per heavy atom. The maximum atomic E-state index is 2.40. The minimum absolute atomic E-state index is 0.808. The summed E-state index contributed by atoms with van der Waals surface area (Å²) in [6.45, 7) is 4.72. The normalized spacial score (nSPS) is 19.9. The summed E-state index contributed by atoms with van der Waals surface area (Å²) in [5.41, 5.74) is 4.60. The van der Waals surface area contributed by atoms with Crippen molar-refractivity contribution in [3.05, 3.63) is 35.5 Å². The van der Waals surface area contributed by atoms with Crippen LogP contribution in [0.1, 0.15) is 31.5 Å². The quantitative estimate of drug-likeness (QED) is 0.695. The highest BCUT2D eigenvalue weighted by atomic mass is 15.0. The summed E-state index contributed by atoms with van der Waals surface area (Å²) in [4.78, 5) is 0.